The number of halogens is 6. The monoisotopic (exact) mass is 341 g/mol. The van der Waals surface area contributed by atoms with Crippen LogP contribution in [-0.2, 0) is 9.59 Å². The zero-order valence-electron chi connectivity index (χ0n) is 11.1. The molecule has 0 spiro atoms. The Hall–Kier alpha value is -2.52. The highest BCUT2D eigenvalue weighted by atomic mass is 19.4. The molecule has 0 atom stereocenters. The summed E-state index contributed by atoms with van der Waals surface area (Å²) in [4.78, 5) is 23.5. The molecule has 0 radical (unpaired) electrons. The number of aromatic hydroxyl groups is 1. The molecule has 1 N–H and O–H groups in total. The van der Waals surface area contributed by atoms with Crippen molar-refractivity contribution in [3.63, 3.8) is 0 Å². The maximum Gasteiger partial charge on any atom is 0.397 e. The highest BCUT2D eigenvalue weighted by Crippen LogP contribution is 2.31. The fourth-order valence-corrected chi connectivity index (χ4v) is 1.48. The van der Waals surface area contributed by atoms with Crippen molar-refractivity contribution in [3.05, 3.63) is 36.4 Å². The molecule has 10 heteroatoms. The zero-order chi connectivity index (χ0) is 17.8. The lowest BCUT2D eigenvalue weighted by Crippen LogP contribution is -2.29. The molecule has 1 aromatic rings. The van der Waals surface area contributed by atoms with Gasteiger partial charge in [-0.2, -0.15) is 26.3 Å². The second kappa shape index (κ2) is 6.71. The number of carbonyl (C=O) groups is 2. The number of amides is 2. The number of carbonyl (C=O) groups excluding carboxylic acids is 2. The molecule has 0 unspecified atom stereocenters. The van der Waals surface area contributed by atoms with Gasteiger partial charge in [0.1, 0.15) is 12.2 Å². The molecule has 0 saturated heterocycles. The normalized spacial score (nSPS) is 14.8. The molecule has 2 rings (SSSR count). The van der Waals surface area contributed by atoms with Crippen LogP contribution in [-0.4, -0.2) is 29.3 Å². The first-order valence-electron chi connectivity index (χ1n) is 5.88. The standard InChI is InChI=1S/C10H7NO3.C3H2F6/c12-8-3-1-7(2-4-8)11-9(13)5-6-10(11)14;4-2(5,6)1-3(7,8)9/h1-6,12H;1H2. The van der Waals surface area contributed by atoms with Gasteiger partial charge >= 0.3 is 12.4 Å². The van der Waals surface area contributed by atoms with Gasteiger partial charge in [0.15, 0.2) is 0 Å². The number of phenols is 1. The van der Waals surface area contributed by atoms with E-state index in [0.717, 1.165) is 4.90 Å². The van der Waals surface area contributed by atoms with Gasteiger partial charge in [-0.3, -0.25) is 9.59 Å². The van der Waals surface area contributed by atoms with E-state index in [1.165, 1.54) is 36.4 Å². The van der Waals surface area contributed by atoms with E-state index in [2.05, 4.69) is 0 Å². The maximum absolute atomic E-state index is 11.2. The zero-order valence-corrected chi connectivity index (χ0v) is 11.1. The van der Waals surface area contributed by atoms with Crippen LogP contribution in [0.1, 0.15) is 6.42 Å². The first kappa shape index (κ1) is 18.5. The molecular formula is C13H9F6NO3. The maximum atomic E-state index is 11.2. The average molecular weight is 341 g/mol. The molecule has 1 heterocycles. The van der Waals surface area contributed by atoms with Crippen molar-refractivity contribution in [3.8, 4) is 5.75 Å². The quantitative estimate of drug-likeness (QED) is 0.630. The van der Waals surface area contributed by atoms with Crippen LogP contribution in [0.4, 0.5) is 32.0 Å². The topological polar surface area (TPSA) is 57.6 Å². The van der Waals surface area contributed by atoms with Crippen LogP contribution >= 0.6 is 0 Å². The fourth-order valence-electron chi connectivity index (χ4n) is 1.48. The number of alkyl halides is 6. The Morgan fingerprint density at radius 3 is 1.52 bits per heavy atom. The summed E-state index contributed by atoms with van der Waals surface area (Å²) in [6.45, 7) is 0. The Balaban J connectivity index is 0.000000257. The predicted molar refractivity (Wildman–Crippen MR) is 66.5 cm³/mol. The number of phenolic OH excluding ortho intramolecular Hbond substituents is 1. The van der Waals surface area contributed by atoms with Crippen LogP contribution in [0.2, 0.25) is 0 Å². The molecule has 1 aliphatic heterocycles. The molecule has 0 bridgehead atoms. The van der Waals surface area contributed by atoms with Crippen molar-refractivity contribution in [2.45, 2.75) is 18.8 Å². The van der Waals surface area contributed by atoms with E-state index in [9.17, 15) is 35.9 Å². The summed E-state index contributed by atoms with van der Waals surface area (Å²) in [6, 6.07) is 5.87. The van der Waals surface area contributed by atoms with Gasteiger partial charge in [-0.05, 0) is 24.3 Å². The molecule has 0 fully saturated rings. The minimum Gasteiger partial charge on any atom is -0.508 e. The van der Waals surface area contributed by atoms with Crippen molar-refractivity contribution in [2.24, 2.45) is 0 Å². The number of benzene rings is 1. The number of hydrogen-bond acceptors (Lipinski definition) is 3. The van der Waals surface area contributed by atoms with E-state index in [4.69, 9.17) is 5.11 Å². The van der Waals surface area contributed by atoms with E-state index < -0.39 is 18.8 Å². The van der Waals surface area contributed by atoms with E-state index >= 15 is 0 Å². The molecule has 2 amide bonds. The molecule has 4 nitrogen and oxygen atoms in total. The lowest BCUT2D eigenvalue weighted by atomic mass is 10.3. The second-order valence-electron chi connectivity index (χ2n) is 4.27. The summed E-state index contributed by atoms with van der Waals surface area (Å²) in [6.07, 6.45) is -10.6. The van der Waals surface area contributed by atoms with Crippen LogP contribution in [0.5, 0.6) is 5.75 Å². The lowest BCUT2D eigenvalue weighted by Gasteiger charge is -2.13. The number of imide groups is 1. The van der Waals surface area contributed by atoms with E-state index in [1.54, 1.807) is 0 Å². The highest BCUT2D eigenvalue weighted by molar-refractivity contribution is 6.28. The summed E-state index contributed by atoms with van der Waals surface area (Å²) in [5.41, 5.74) is 0.461. The van der Waals surface area contributed by atoms with Crippen LogP contribution in [0.3, 0.4) is 0 Å². The Morgan fingerprint density at radius 2 is 1.22 bits per heavy atom. The number of anilines is 1. The first-order valence-corrected chi connectivity index (χ1v) is 5.88. The number of hydrogen-bond donors (Lipinski definition) is 1. The second-order valence-corrected chi connectivity index (χ2v) is 4.27. The van der Waals surface area contributed by atoms with Crippen molar-refractivity contribution in [2.75, 3.05) is 4.90 Å². The molecule has 126 valence electrons. The summed E-state index contributed by atoms with van der Waals surface area (Å²) < 4.78 is 65.0. The number of nitrogens with zero attached hydrogens (tertiary/aromatic N) is 1. The van der Waals surface area contributed by atoms with E-state index in [1.807, 2.05) is 0 Å². The van der Waals surface area contributed by atoms with Crippen LogP contribution in [0, 0.1) is 0 Å². The molecule has 0 aromatic heterocycles. The smallest absolute Gasteiger partial charge is 0.397 e. The Kier molecular flexibility index (Phi) is 5.41. The third kappa shape index (κ3) is 6.41. The van der Waals surface area contributed by atoms with Gasteiger partial charge in [0.25, 0.3) is 11.8 Å². The van der Waals surface area contributed by atoms with Gasteiger partial charge in [-0.25, -0.2) is 4.90 Å². The van der Waals surface area contributed by atoms with Gasteiger partial charge < -0.3 is 5.11 Å². The molecule has 0 saturated carbocycles. The SMILES string of the molecule is FC(F)(F)CC(F)(F)F.O=C1C=CC(=O)N1c1ccc(O)cc1. The molecule has 1 aliphatic rings. The Morgan fingerprint density at radius 1 is 0.826 bits per heavy atom. The summed E-state index contributed by atoms with van der Waals surface area (Å²) in [5.74, 6) is -0.623. The summed E-state index contributed by atoms with van der Waals surface area (Å²) >= 11 is 0. The minimum atomic E-state index is -5.14. The van der Waals surface area contributed by atoms with Crippen LogP contribution in [0.25, 0.3) is 0 Å². The average Bonchev–Trinajstić information content (AvgIpc) is 2.67. The van der Waals surface area contributed by atoms with Crippen molar-refractivity contribution in [1.29, 1.82) is 0 Å². The molecule has 1 aromatic carbocycles. The number of rotatable bonds is 1. The molecular weight excluding hydrogens is 332 g/mol. The molecule has 23 heavy (non-hydrogen) atoms. The van der Waals surface area contributed by atoms with Crippen LogP contribution < -0.4 is 4.90 Å². The fraction of sp³-hybridized carbons (Fsp3) is 0.231. The van der Waals surface area contributed by atoms with Crippen LogP contribution in [0.15, 0.2) is 36.4 Å². The van der Waals surface area contributed by atoms with Gasteiger partial charge in [-0.15, -0.1) is 0 Å². The van der Waals surface area contributed by atoms with E-state index in [0.29, 0.717) is 5.69 Å². The minimum absolute atomic E-state index is 0.0980. The van der Waals surface area contributed by atoms with E-state index in [-0.39, 0.29) is 17.6 Å². The highest BCUT2D eigenvalue weighted by Gasteiger charge is 2.43. The first-order chi connectivity index (χ1) is 10.4. The van der Waals surface area contributed by atoms with Crippen molar-refractivity contribution in [1.82, 2.24) is 0 Å². The van der Waals surface area contributed by atoms with Crippen molar-refractivity contribution >= 4 is 17.5 Å². The largest absolute Gasteiger partial charge is 0.508 e. The van der Waals surface area contributed by atoms with Gasteiger partial charge in [-0.1, -0.05) is 0 Å². The van der Waals surface area contributed by atoms with Crippen molar-refractivity contribution < 1.29 is 41.0 Å². The lowest BCUT2D eigenvalue weighted by molar-refractivity contribution is -0.232. The van der Waals surface area contributed by atoms with Gasteiger partial charge in [0.2, 0.25) is 0 Å². The van der Waals surface area contributed by atoms with Gasteiger partial charge in [0, 0.05) is 12.2 Å². The Labute approximate surface area is 125 Å². The van der Waals surface area contributed by atoms with Gasteiger partial charge in [0.05, 0.1) is 5.69 Å². The summed E-state index contributed by atoms with van der Waals surface area (Å²) in [7, 11) is 0. The Bertz CT molecular complexity index is 574. The molecule has 0 aliphatic carbocycles. The third-order valence-electron chi connectivity index (χ3n) is 2.32. The predicted octanol–water partition coefficient (Wildman–Crippen LogP) is 3.32. The third-order valence-corrected chi connectivity index (χ3v) is 2.32. The summed E-state index contributed by atoms with van der Waals surface area (Å²) in [5, 5.41) is 9.03.